The van der Waals surface area contributed by atoms with Gasteiger partial charge in [0.05, 0.1) is 6.20 Å². The Morgan fingerprint density at radius 2 is 2.46 bits per heavy atom. The first-order valence-electron chi connectivity index (χ1n) is 4.05. The zero-order chi connectivity index (χ0) is 9.10. The number of rotatable bonds is 3. The summed E-state index contributed by atoms with van der Waals surface area (Å²) >= 11 is 1.71. The van der Waals surface area contributed by atoms with Crippen LogP contribution in [-0.4, -0.2) is 5.16 Å². The van der Waals surface area contributed by atoms with Crippen molar-refractivity contribution in [1.82, 2.24) is 5.16 Å². The molecule has 0 bridgehead atoms. The number of aromatic nitrogens is 1. The minimum absolute atomic E-state index is 0.490. The topological polar surface area (TPSA) is 52.0 Å². The second-order valence-corrected chi connectivity index (χ2v) is 3.77. The lowest BCUT2D eigenvalue weighted by Gasteiger charge is -1.94. The smallest absolute Gasteiger partial charge is 0.146 e. The zero-order valence-electron chi connectivity index (χ0n) is 7.06. The van der Waals surface area contributed by atoms with Crippen molar-refractivity contribution in [2.75, 3.05) is 0 Å². The van der Waals surface area contributed by atoms with Gasteiger partial charge in [-0.2, -0.15) is 0 Å². The van der Waals surface area contributed by atoms with Crippen molar-refractivity contribution in [1.29, 1.82) is 0 Å². The predicted molar refractivity (Wildman–Crippen MR) is 51.5 cm³/mol. The lowest BCUT2D eigenvalue weighted by molar-refractivity contribution is 0.388. The number of thiophene rings is 1. The van der Waals surface area contributed by atoms with E-state index in [-0.39, 0.29) is 0 Å². The lowest BCUT2D eigenvalue weighted by atomic mass is 10.2. The van der Waals surface area contributed by atoms with Gasteiger partial charge in [-0.15, -0.1) is 11.3 Å². The molecule has 0 atom stereocenters. The van der Waals surface area contributed by atoms with Crippen molar-refractivity contribution < 1.29 is 4.52 Å². The average Bonchev–Trinajstić information content (AvgIpc) is 2.76. The summed E-state index contributed by atoms with van der Waals surface area (Å²) < 4.78 is 5.11. The highest BCUT2D eigenvalue weighted by Gasteiger charge is 2.07. The number of nitrogens with two attached hydrogens (primary N) is 1. The van der Waals surface area contributed by atoms with Crippen LogP contribution >= 0.6 is 11.3 Å². The van der Waals surface area contributed by atoms with Crippen molar-refractivity contribution in [2.45, 2.75) is 13.0 Å². The van der Waals surface area contributed by atoms with Crippen LogP contribution in [0.25, 0.3) is 0 Å². The minimum atomic E-state index is 0.490. The molecule has 3 nitrogen and oxygen atoms in total. The van der Waals surface area contributed by atoms with Crippen LogP contribution < -0.4 is 5.73 Å². The van der Waals surface area contributed by atoms with Crippen LogP contribution in [0.4, 0.5) is 0 Å². The molecule has 4 heteroatoms. The van der Waals surface area contributed by atoms with Crippen molar-refractivity contribution in [3.05, 3.63) is 39.9 Å². The Morgan fingerprint density at radius 3 is 3.15 bits per heavy atom. The third kappa shape index (κ3) is 1.79. The monoisotopic (exact) mass is 194 g/mol. The van der Waals surface area contributed by atoms with Gasteiger partial charge in [-0.05, 0) is 11.4 Å². The van der Waals surface area contributed by atoms with E-state index in [1.807, 2.05) is 11.4 Å². The maximum atomic E-state index is 5.53. The van der Waals surface area contributed by atoms with Crippen LogP contribution in [-0.2, 0) is 13.0 Å². The van der Waals surface area contributed by atoms with Crippen molar-refractivity contribution in [3.8, 4) is 0 Å². The SMILES string of the molecule is NCc1cnoc1Cc1cccs1. The Hall–Kier alpha value is -1.13. The summed E-state index contributed by atoms with van der Waals surface area (Å²) in [6.45, 7) is 0.490. The molecule has 0 aliphatic carbocycles. The third-order valence-electron chi connectivity index (χ3n) is 1.86. The molecule has 2 heterocycles. The highest BCUT2D eigenvalue weighted by molar-refractivity contribution is 7.09. The van der Waals surface area contributed by atoms with E-state index >= 15 is 0 Å². The van der Waals surface area contributed by atoms with Gasteiger partial charge >= 0.3 is 0 Å². The first-order valence-corrected chi connectivity index (χ1v) is 4.93. The predicted octanol–water partition coefficient (Wildman–Crippen LogP) is 1.79. The first kappa shape index (κ1) is 8.47. The number of hydrogen-bond donors (Lipinski definition) is 1. The molecular weight excluding hydrogens is 184 g/mol. The molecule has 13 heavy (non-hydrogen) atoms. The molecule has 0 fully saturated rings. The molecule has 0 amide bonds. The number of nitrogens with zero attached hydrogens (tertiary/aromatic N) is 1. The Bertz CT molecular complexity index is 367. The fraction of sp³-hybridized carbons (Fsp3) is 0.222. The second-order valence-electron chi connectivity index (χ2n) is 2.73. The third-order valence-corrected chi connectivity index (χ3v) is 2.74. The van der Waals surface area contributed by atoms with Gasteiger partial charge in [0.25, 0.3) is 0 Å². The van der Waals surface area contributed by atoms with Gasteiger partial charge < -0.3 is 10.3 Å². The normalized spacial score (nSPS) is 10.5. The second kappa shape index (κ2) is 3.72. The van der Waals surface area contributed by atoms with E-state index in [4.69, 9.17) is 10.3 Å². The molecule has 0 aliphatic heterocycles. The van der Waals surface area contributed by atoms with Crippen molar-refractivity contribution in [3.63, 3.8) is 0 Å². The van der Waals surface area contributed by atoms with E-state index in [2.05, 4.69) is 11.2 Å². The van der Waals surface area contributed by atoms with Gasteiger partial charge in [0.15, 0.2) is 0 Å². The van der Waals surface area contributed by atoms with E-state index in [1.165, 1.54) is 4.88 Å². The fourth-order valence-corrected chi connectivity index (χ4v) is 1.87. The number of hydrogen-bond acceptors (Lipinski definition) is 4. The van der Waals surface area contributed by atoms with Crippen LogP contribution in [0.2, 0.25) is 0 Å². The summed E-state index contributed by atoms with van der Waals surface area (Å²) in [5.74, 6) is 0.880. The van der Waals surface area contributed by atoms with E-state index in [0.29, 0.717) is 6.54 Å². The highest BCUT2D eigenvalue weighted by atomic mass is 32.1. The molecule has 0 radical (unpaired) electrons. The molecule has 2 aromatic heterocycles. The molecule has 0 unspecified atom stereocenters. The minimum Gasteiger partial charge on any atom is -0.361 e. The summed E-state index contributed by atoms with van der Waals surface area (Å²) in [5.41, 5.74) is 6.52. The highest BCUT2D eigenvalue weighted by Crippen LogP contribution is 2.17. The Balaban J connectivity index is 2.18. The molecule has 0 saturated heterocycles. The van der Waals surface area contributed by atoms with Gasteiger partial charge in [-0.1, -0.05) is 11.2 Å². The summed E-state index contributed by atoms with van der Waals surface area (Å²) in [5, 5.41) is 5.77. The summed E-state index contributed by atoms with van der Waals surface area (Å²) in [7, 11) is 0. The summed E-state index contributed by atoms with van der Waals surface area (Å²) in [4.78, 5) is 1.27. The molecule has 2 N–H and O–H groups in total. The quantitative estimate of drug-likeness (QED) is 0.810. The molecule has 0 spiro atoms. The molecule has 0 aliphatic rings. The van der Waals surface area contributed by atoms with Gasteiger partial charge in [-0.25, -0.2) is 0 Å². The average molecular weight is 194 g/mol. The zero-order valence-corrected chi connectivity index (χ0v) is 7.88. The van der Waals surface area contributed by atoms with Crippen molar-refractivity contribution >= 4 is 11.3 Å². The molecule has 0 saturated carbocycles. The van der Waals surface area contributed by atoms with Crippen molar-refractivity contribution in [2.24, 2.45) is 5.73 Å². The van der Waals surface area contributed by atoms with E-state index in [0.717, 1.165) is 17.7 Å². The van der Waals surface area contributed by atoms with Gasteiger partial charge in [-0.3, -0.25) is 0 Å². The van der Waals surface area contributed by atoms with Crippen LogP contribution in [0.15, 0.2) is 28.2 Å². The Kier molecular flexibility index (Phi) is 2.42. The molecular formula is C9H10N2OS. The van der Waals surface area contributed by atoms with E-state index in [9.17, 15) is 0 Å². The molecule has 2 aromatic rings. The Morgan fingerprint density at radius 1 is 1.54 bits per heavy atom. The summed E-state index contributed by atoms with van der Waals surface area (Å²) in [6, 6.07) is 4.10. The van der Waals surface area contributed by atoms with Crippen LogP contribution in [0, 0.1) is 0 Å². The maximum absolute atomic E-state index is 5.53. The first-order chi connectivity index (χ1) is 6.40. The standard InChI is InChI=1S/C9H10N2OS/c10-5-7-6-11-12-9(7)4-8-2-1-3-13-8/h1-3,6H,4-5,10H2. The summed E-state index contributed by atoms with van der Waals surface area (Å²) in [6.07, 6.45) is 2.48. The maximum Gasteiger partial charge on any atom is 0.146 e. The van der Waals surface area contributed by atoms with Gasteiger partial charge in [0.1, 0.15) is 5.76 Å². The fourth-order valence-electron chi connectivity index (χ4n) is 1.17. The van der Waals surface area contributed by atoms with Gasteiger partial charge in [0.2, 0.25) is 0 Å². The molecule has 0 aromatic carbocycles. The van der Waals surface area contributed by atoms with Crippen LogP contribution in [0.1, 0.15) is 16.2 Å². The largest absolute Gasteiger partial charge is 0.361 e. The Labute approximate surface area is 80.2 Å². The van der Waals surface area contributed by atoms with Crippen LogP contribution in [0.3, 0.4) is 0 Å². The molecule has 68 valence electrons. The van der Waals surface area contributed by atoms with Crippen LogP contribution in [0.5, 0.6) is 0 Å². The molecule has 2 rings (SSSR count). The lowest BCUT2D eigenvalue weighted by Crippen LogP contribution is -1.98. The van der Waals surface area contributed by atoms with E-state index < -0.39 is 0 Å². The van der Waals surface area contributed by atoms with E-state index in [1.54, 1.807) is 17.5 Å². The van der Waals surface area contributed by atoms with Gasteiger partial charge in [0, 0.05) is 23.4 Å².